The summed E-state index contributed by atoms with van der Waals surface area (Å²) in [6.45, 7) is 5.72. The minimum atomic E-state index is -0.414. The van der Waals surface area contributed by atoms with Crippen molar-refractivity contribution < 1.29 is 19.1 Å². The molecule has 2 aliphatic carbocycles. The van der Waals surface area contributed by atoms with Crippen LogP contribution in [0, 0.1) is 11.8 Å². The normalized spacial score (nSPS) is 17.4. The lowest BCUT2D eigenvalue weighted by Gasteiger charge is -2.29. The lowest BCUT2D eigenvalue weighted by atomic mass is 9.72. The van der Waals surface area contributed by atoms with Crippen LogP contribution >= 0.6 is 0 Å². The predicted molar refractivity (Wildman–Crippen MR) is 175 cm³/mol. The van der Waals surface area contributed by atoms with Gasteiger partial charge in [-0.3, -0.25) is 9.59 Å². The average Bonchev–Trinajstić information content (AvgIpc) is 3.01. The second-order valence-electron chi connectivity index (χ2n) is 12.5. The number of hydrogen-bond acceptors (Lipinski definition) is 4. The molecule has 0 heterocycles. The second-order valence-corrected chi connectivity index (χ2v) is 12.5. The molecule has 0 aromatic heterocycles. The molecule has 0 N–H and O–H groups in total. The van der Waals surface area contributed by atoms with E-state index in [1.165, 1.54) is 103 Å². The number of fused-ring (bicyclic) bond motifs is 2. The molecule has 3 rings (SSSR count). The minimum absolute atomic E-state index is 0.000214. The first-order valence-corrected chi connectivity index (χ1v) is 17.5. The van der Waals surface area contributed by atoms with Crippen LogP contribution in [-0.2, 0) is 0 Å². The molecule has 2 aliphatic rings. The topological polar surface area (TPSA) is 52.6 Å². The zero-order valence-corrected chi connectivity index (χ0v) is 26.8. The first-order chi connectivity index (χ1) is 20.7. The summed E-state index contributed by atoms with van der Waals surface area (Å²) < 4.78 is 12.4. The van der Waals surface area contributed by atoms with Crippen molar-refractivity contribution in [3.05, 3.63) is 47.6 Å². The molecule has 2 atom stereocenters. The summed E-state index contributed by atoms with van der Waals surface area (Å²) >= 11 is 0. The summed E-state index contributed by atoms with van der Waals surface area (Å²) in [5.41, 5.74) is 0.955. The Bertz CT molecular complexity index is 912. The Morgan fingerprint density at radius 2 is 0.786 bits per heavy atom. The number of carbonyl (C=O) groups excluding carboxylic acids is 2. The Labute approximate surface area is 256 Å². The van der Waals surface area contributed by atoms with E-state index in [2.05, 4.69) is 13.8 Å². The monoisotopic (exact) mass is 578 g/mol. The lowest BCUT2D eigenvalue weighted by molar-refractivity contribution is 0.0800. The summed E-state index contributed by atoms with van der Waals surface area (Å²) in [6.07, 6.45) is 32.9. The molecule has 234 valence electrons. The van der Waals surface area contributed by atoms with E-state index < -0.39 is 11.8 Å². The van der Waals surface area contributed by atoms with Gasteiger partial charge in [0.05, 0.1) is 25.0 Å². The zero-order chi connectivity index (χ0) is 29.8. The number of carbonyl (C=O) groups is 2. The van der Waals surface area contributed by atoms with Crippen molar-refractivity contribution in [1.82, 2.24) is 0 Å². The van der Waals surface area contributed by atoms with Gasteiger partial charge in [0.15, 0.2) is 23.1 Å². The molecule has 42 heavy (non-hydrogen) atoms. The van der Waals surface area contributed by atoms with Crippen molar-refractivity contribution in [2.75, 3.05) is 13.2 Å². The fourth-order valence-electron chi connectivity index (χ4n) is 6.20. The Hall–Kier alpha value is -2.36. The van der Waals surface area contributed by atoms with Crippen LogP contribution in [0.1, 0.15) is 163 Å². The largest absolute Gasteiger partial charge is 0.490 e. The highest BCUT2D eigenvalue weighted by Gasteiger charge is 2.40. The number of ether oxygens (including phenoxy) is 2. The maximum Gasteiger partial charge on any atom is 0.171 e. The summed E-state index contributed by atoms with van der Waals surface area (Å²) in [7, 11) is 0. The Morgan fingerprint density at radius 1 is 0.476 bits per heavy atom. The van der Waals surface area contributed by atoms with E-state index in [1.807, 2.05) is 24.3 Å². The second kappa shape index (κ2) is 20.5. The van der Waals surface area contributed by atoms with Gasteiger partial charge in [-0.15, -0.1) is 0 Å². The summed E-state index contributed by atoms with van der Waals surface area (Å²) in [4.78, 5) is 26.7. The van der Waals surface area contributed by atoms with Crippen LogP contribution in [0.15, 0.2) is 36.4 Å². The zero-order valence-electron chi connectivity index (χ0n) is 26.8. The van der Waals surface area contributed by atoms with Gasteiger partial charge in [0, 0.05) is 11.1 Å². The van der Waals surface area contributed by atoms with E-state index in [-0.39, 0.29) is 11.6 Å². The van der Waals surface area contributed by atoms with Crippen LogP contribution in [0.2, 0.25) is 0 Å². The van der Waals surface area contributed by atoms with E-state index >= 15 is 0 Å². The van der Waals surface area contributed by atoms with Crippen LogP contribution in [0.25, 0.3) is 0 Å². The van der Waals surface area contributed by atoms with Gasteiger partial charge in [0.25, 0.3) is 0 Å². The molecule has 4 heteroatoms. The molecule has 0 fully saturated rings. The van der Waals surface area contributed by atoms with Gasteiger partial charge >= 0.3 is 0 Å². The van der Waals surface area contributed by atoms with Crippen LogP contribution < -0.4 is 9.47 Å². The van der Waals surface area contributed by atoms with Crippen LogP contribution in [0.4, 0.5) is 0 Å². The maximum atomic E-state index is 13.3. The van der Waals surface area contributed by atoms with E-state index in [9.17, 15) is 9.59 Å². The van der Waals surface area contributed by atoms with E-state index in [4.69, 9.17) is 9.47 Å². The molecule has 0 radical (unpaired) electrons. The third-order valence-corrected chi connectivity index (χ3v) is 8.87. The van der Waals surface area contributed by atoms with Crippen molar-refractivity contribution in [2.24, 2.45) is 11.8 Å². The third kappa shape index (κ3) is 11.4. The molecular formula is C38H58O4. The average molecular weight is 579 g/mol. The van der Waals surface area contributed by atoms with Crippen molar-refractivity contribution in [2.45, 2.75) is 142 Å². The van der Waals surface area contributed by atoms with Crippen LogP contribution in [-0.4, -0.2) is 24.8 Å². The number of hydrogen-bond donors (Lipinski definition) is 0. The predicted octanol–water partition coefficient (Wildman–Crippen LogP) is 11.0. The fraction of sp³-hybridized carbons (Fsp3) is 0.684. The third-order valence-electron chi connectivity index (χ3n) is 8.87. The van der Waals surface area contributed by atoms with Gasteiger partial charge in [-0.2, -0.15) is 0 Å². The van der Waals surface area contributed by atoms with Crippen molar-refractivity contribution in [3.8, 4) is 11.5 Å². The first-order valence-electron chi connectivity index (χ1n) is 17.5. The molecule has 1 aromatic carbocycles. The molecule has 0 amide bonds. The number of ketones is 2. The quantitative estimate of drug-likeness (QED) is 0.114. The van der Waals surface area contributed by atoms with Gasteiger partial charge in [-0.25, -0.2) is 0 Å². The Morgan fingerprint density at radius 3 is 1.12 bits per heavy atom. The van der Waals surface area contributed by atoms with Crippen LogP contribution in [0.5, 0.6) is 11.5 Å². The molecule has 0 aliphatic heterocycles. The van der Waals surface area contributed by atoms with Crippen molar-refractivity contribution in [1.29, 1.82) is 0 Å². The molecule has 0 spiro atoms. The number of allylic oxidation sites excluding steroid dienone is 4. The number of Topliss-reactive ketones (excluding diaryl/α,β-unsaturated/α-hetero) is 2. The molecule has 0 saturated carbocycles. The van der Waals surface area contributed by atoms with E-state index in [1.54, 1.807) is 12.1 Å². The highest BCUT2D eigenvalue weighted by Crippen LogP contribution is 2.40. The lowest BCUT2D eigenvalue weighted by Crippen LogP contribution is -2.35. The van der Waals surface area contributed by atoms with Crippen molar-refractivity contribution in [3.63, 3.8) is 0 Å². The highest BCUT2D eigenvalue weighted by atomic mass is 16.5. The van der Waals surface area contributed by atoms with Gasteiger partial charge in [-0.05, 0) is 25.0 Å². The van der Waals surface area contributed by atoms with Gasteiger partial charge in [0.1, 0.15) is 0 Å². The highest BCUT2D eigenvalue weighted by molar-refractivity contribution is 6.17. The van der Waals surface area contributed by atoms with Crippen molar-refractivity contribution >= 4 is 11.6 Å². The minimum Gasteiger partial charge on any atom is -0.490 e. The maximum absolute atomic E-state index is 13.3. The van der Waals surface area contributed by atoms with E-state index in [0.29, 0.717) is 35.8 Å². The Balaban J connectivity index is 1.49. The fourth-order valence-corrected chi connectivity index (χ4v) is 6.20. The molecular weight excluding hydrogens is 520 g/mol. The SMILES string of the molecule is CCCCCCCCCCCCOc1cc2c(cc1OCCCCCCCCCCCC)C(=O)C1C=CC=CC1C2=O. The molecule has 4 nitrogen and oxygen atoms in total. The summed E-state index contributed by atoms with van der Waals surface area (Å²) in [6, 6.07) is 3.56. The molecule has 0 bridgehead atoms. The summed E-state index contributed by atoms with van der Waals surface area (Å²) in [5, 5.41) is 0. The van der Waals surface area contributed by atoms with Gasteiger partial charge < -0.3 is 9.47 Å². The molecule has 1 aromatic rings. The van der Waals surface area contributed by atoms with E-state index in [0.717, 1.165) is 25.7 Å². The van der Waals surface area contributed by atoms with Gasteiger partial charge in [-0.1, -0.05) is 154 Å². The summed E-state index contributed by atoms with van der Waals surface area (Å²) in [5.74, 6) is 0.380. The van der Waals surface area contributed by atoms with Crippen LogP contribution in [0.3, 0.4) is 0 Å². The van der Waals surface area contributed by atoms with Gasteiger partial charge in [0.2, 0.25) is 0 Å². The number of benzene rings is 1. The molecule has 0 saturated heterocycles. The number of unbranched alkanes of at least 4 members (excludes halogenated alkanes) is 18. The Kier molecular flexibility index (Phi) is 16.7. The first kappa shape index (κ1) is 34.1. The molecule has 2 unspecified atom stereocenters. The number of rotatable bonds is 24. The standard InChI is InChI=1S/C38H58O4/c1-3-5-7-9-11-13-15-17-19-23-27-41-35-29-33-34(38(40)32-26-22-21-25-31(32)37(33)39)30-36(35)42-28-24-20-18-16-14-12-10-8-6-4-2/h21-22,25-26,29-32H,3-20,23-24,27-28H2,1-2H3. The smallest absolute Gasteiger partial charge is 0.171 e.